The summed E-state index contributed by atoms with van der Waals surface area (Å²) in [7, 11) is 0. The average Bonchev–Trinajstić information content (AvgIpc) is 2.68. The molecule has 0 saturated carbocycles. The van der Waals surface area contributed by atoms with Crippen LogP contribution in [0.3, 0.4) is 0 Å². The third-order valence-electron chi connectivity index (χ3n) is 4.15. The van der Waals surface area contributed by atoms with Crippen LogP contribution in [0, 0.1) is 10.1 Å². The summed E-state index contributed by atoms with van der Waals surface area (Å²) >= 11 is 0. The van der Waals surface area contributed by atoms with Crippen LogP contribution >= 0.6 is 0 Å². The second kappa shape index (κ2) is 8.36. The normalized spacial score (nSPS) is 10.6. The fourth-order valence-corrected chi connectivity index (χ4v) is 2.70. The number of nitro groups is 1. The third kappa shape index (κ3) is 4.64. The minimum Gasteiger partial charge on any atom is -0.485 e. The topological polar surface area (TPSA) is 61.6 Å². The van der Waals surface area contributed by atoms with E-state index in [0.29, 0.717) is 24.0 Å². The number of nitrogens with zero attached hydrogens (tertiary/aromatic N) is 1. The van der Waals surface area contributed by atoms with Gasteiger partial charge in [-0.25, -0.2) is 0 Å². The van der Waals surface area contributed by atoms with Crippen molar-refractivity contribution in [1.82, 2.24) is 0 Å². The van der Waals surface area contributed by atoms with E-state index >= 15 is 0 Å². The van der Waals surface area contributed by atoms with Crippen LogP contribution in [-0.4, -0.2) is 4.92 Å². The Balaban J connectivity index is 1.75. The molecule has 0 atom stereocenters. The number of hydrogen-bond acceptors (Lipinski definition) is 4. The number of rotatable bonds is 7. The molecule has 0 amide bonds. The molecule has 0 bridgehead atoms. The van der Waals surface area contributed by atoms with E-state index in [2.05, 4.69) is 19.9 Å². The van der Waals surface area contributed by atoms with Crippen molar-refractivity contribution in [3.63, 3.8) is 0 Å². The fourth-order valence-electron chi connectivity index (χ4n) is 2.70. The van der Waals surface area contributed by atoms with Crippen molar-refractivity contribution in [3.8, 4) is 17.2 Å². The van der Waals surface area contributed by atoms with E-state index in [1.807, 2.05) is 42.5 Å². The molecular formula is C22H21NO4. The molecule has 0 spiro atoms. The van der Waals surface area contributed by atoms with Crippen LogP contribution in [-0.2, 0) is 6.61 Å². The van der Waals surface area contributed by atoms with Gasteiger partial charge in [0.1, 0.15) is 12.4 Å². The second-order valence-corrected chi connectivity index (χ2v) is 6.45. The molecule has 3 aromatic carbocycles. The van der Waals surface area contributed by atoms with Crippen LogP contribution in [0.25, 0.3) is 0 Å². The lowest BCUT2D eigenvalue weighted by Gasteiger charge is -2.16. The SMILES string of the molecule is CC(C)c1ccccc1Oc1ccccc1OCc1ccc([N+](=O)[O-])cc1. The summed E-state index contributed by atoms with van der Waals surface area (Å²) in [6, 6.07) is 21.8. The molecule has 0 unspecified atom stereocenters. The quantitative estimate of drug-likeness (QED) is 0.376. The van der Waals surface area contributed by atoms with E-state index in [9.17, 15) is 10.1 Å². The summed E-state index contributed by atoms with van der Waals surface area (Å²) in [5, 5.41) is 10.7. The summed E-state index contributed by atoms with van der Waals surface area (Å²) in [5.74, 6) is 2.40. The Kier molecular flexibility index (Phi) is 5.71. The number of para-hydroxylation sites is 3. The number of hydrogen-bond donors (Lipinski definition) is 0. The molecule has 5 heteroatoms. The zero-order valence-corrected chi connectivity index (χ0v) is 15.3. The monoisotopic (exact) mass is 363 g/mol. The molecule has 0 saturated heterocycles. The Morgan fingerprint density at radius 2 is 1.44 bits per heavy atom. The van der Waals surface area contributed by atoms with Crippen molar-refractivity contribution in [2.24, 2.45) is 0 Å². The number of ether oxygens (including phenoxy) is 2. The summed E-state index contributed by atoms with van der Waals surface area (Å²) in [4.78, 5) is 10.3. The maximum absolute atomic E-state index is 10.7. The molecule has 138 valence electrons. The summed E-state index contributed by atoms with van der Waals surface area (Å²) < 4.78 is 12.0. The first-order chi connectivity index (χ1) is 13.0. The summed E-state index contributed by atoms with van der Waals surface area (Å²) in [6.45, 7) is 4.54. The van der Waals surface area contributed by atoms with Gasteiger partial charge in [0.15, 0.2) is 11.5 Å². The lowest BCUT2D eigenvalue weighted by Crippen LogP contribution is -1.99. The van der Waals surface area contributed by atoms with Crippen LogP contribution in [0.1, 0.15) is 30.9 Å². The molecular weight excluding hydrogens is 342 g/mol. The Hall–Kier alpha value is -3.34. The lowest BCUT2D eigenvalue weighted by atomic mass is 10.0. The van der Waals surface area contributed by atoms with E-state index in [4.69, 9.17) is 9.47 Å². The van der Waals surface area contributed by atoms with Gasteiger partial charge in [-0.05, 0) is 47.4 Å². The van der Waals surface area contributed by atoms with Gasteiger partial charge in [-0.2, -0.15) is 0 Å². The Morgan fingerprint density at radius 3 is 2.07 bits per heavy atom. The van der Waals surface area contributed by atoms with Crippen molar-refractivity contribution in [1.29, 1.82) is 0 Å². The number of non-ortho nitro benzene ring substituents is 1. The number of nitro benzene ring substituents is 1. The fraction of sp³-hybridized carbons (Fsp3) is 0.182. The molecule has 3 rings (SSSR count). The first-order valence-electron chi connectivity index (χ1n) is 8.76. The van der Waals surface area contributed by atoms with Gasteiger partial charge in [-0.1, -0.05) is 44.2 Å². The van der Waals surface area contributed by atoms with E-state index in [1.54, 1.807) is 12.1 Å². The van der Waals surface area contributed by atoms with E-state index in [0.717, 1.165) is 16.9 Å². The van der Waals surface area contributed by atoms with Crippen LogP contribution in [0.15, 0.2) is 72.8 Å². The van der Waals surface area contributed by atoms with E-state index < -0.39 is 4.92 Å². The third-order valence-corrected chi connectivity index (χ3v) is 4.15. The molecule has 5 nitrogen and oxygen atoms in total. The molecule has 0 N–H and O–H groups in total. The molecule has 27 heavy (non-hydrogen) atoms. The number of benzene rings is 3. The van der Waals surface area contributed by atoms with Crippen LogP contribution in [0.2, 0.25) is 0 Å². The standard InChI is InChI=1S/C22H21NO4/c1-16(2)19-7-3-4-8-20(19)27-22-10-6-5-9-21(22)26-15-17-11-13-18(14-12-17)23(24)25/h3-14,16H,15H2,1-2H3. The minimum atomic E-state index is -0.417. The zero-order chi connectivity index (χ0) is 19.2. The Labute approximate surface area is 158 Å². The highest BCUT2D eigenvalue weighted by molar-refractivity contribution is 5.45. The maximum Gasteiger partial charge on any atom is 0.269 e. The molecule has 0 aromatic heterocycles. The highest BCUT2D eigenvalue weighted by Gasteiger charge is 2.11. The Bertz CT molecular complexity index is 920. The lowest BCUT2D eigenvalue weighted by molar-refractivity contribution is -0.384. The van der Waals surface area contributed by atoms with Crippen molar-refractivity contribution in [2.75, 3.05) is 0 Å². The molecule has 0 fully saturated rings. The van der Waals surface area contributed by atoms with Gasteiger partial charge < -0.3 is 9.47 Å². The molecule has 3 aromatic rings. The van der Waals surface area contributed by atoms with Crippen molar-refractivity contribution in [2.45, 2.75) is 26.4 Å². The van der Waals surface area contributed by atoms with Crippen molar-refractivity contribution >= 4 is 5.69 Å². The van der Waals surface area contributed by atoms with Gasteiger partial charge in [0.2, 0.25) is 0 Å². The van der Waals surface area contributed by atoms with Crippen molar-refractivity contribution < 1.29 is 14.4 Å². The van der Waals surface area contributed by atoms with Gasteiger partial charge in [-0.3, -0.25) is 10.1 Å². The Morgan fingerprint density at radius 1 is 0.852 bits per heavy atom. The summed E-state index contributed by atoms with van der Waals surface area (Å²) in [5.41, 5.74) is 2.04. The van der Waals surface area contributed by atoms with Crippen LogP contribution < -0.4 is 9.47 Å². The van der Waals surface area contributed by atoms with Gasteiger partial charge in [0.25, 0.3) is 5.69 Å². The predicted molar refractivity (Wildman–Crippen MR) is 104 cm³/mol. The van der Waals surface area contributed by atoms with E-state index in [1.165, 1.54) is 12.1 Å². The predicted octanol–water partition coefficient (Wildman–Crippen LogP) is 6.09. The van der Waals surface area contributed by atoms with E-state index in [-0.39, 0.29) is 5.69 Å². The van der Waals surface area contributed by atoms with Crippen LogP contribution in [0.4, 0.5) is 5.69 Å². The van der Waals surface area contributed by atoms with Gasteiger partial charge in [0.05, 0.1) is 4.92 Å². The van der Waals surface area contributed by atoms with Gasteiger partial charge >= 0.3 is 0 Å². The smallest absolute Gasteiger partial charge is 0.269 e. The molecule has 0 aliphatic rings. The van der Waals surface area contributed by atoms with Crippen molar-refractivity contribution in [3.05, 3.63) is 94.0 Å². The highest BCUT2D eigenvalue weighted by Crippen LogP contribution is 2.35. The first-order valence-corrected chi connectivity index (χ1v) is 8.76. The average molecular weight is 363 g/mol. The van der Waals surface area contributed by atoms with Gasteiger partial charge in [0, 0.05) is 12.1 Å². The molecule has 0 aliphatic carbocycles. The minimum absolute atomic E-state index is 0.0628. The molecule has 0 radical (unpaired) electrons. The van der Waals surface area contributed by atoms with Crippen LogP contribution in [0.5, 0.6) is 17.2 Å². The maximum atomic E-state index is 10.7. The zero-order valence-electron chi connectivity index (χ0n) is 15.3. The van der Waals surface area contributed by atoms with Gasteiger partial charge in [-0.15, -0.1) is 0 Å². The largest absolute Gasteiger partial charge is 0.485 e. The molecule has 0 aliphatic heterocycles. The second-order valence-electron chi connectivity index (χ2n) is 6.45. The first kappa shape index (κ1) is 18.5. The highest BCUT2D eigenvalue weighted by atomic mass is 16.6. The molecule has 0 heterocycles. The summed E-state index contributed by atoms with van der Waals surface area (Å²) in [6.07, 6.45) is 0.